The Hall–Kier alpha value is -0.0400. The van der Waals surface area contributed by atoms with Gasteiger partial charge in [0.25, 0.3) is 0 Å². The Morgan fingerprint density at radius 2 is 1.73 bits per heavy atom. The highest BCUT2D eigenvalue weighted by Crippen LogP contribution is 2.09. The summed E-state index contributed by atoms with van der Waals surface area (Å²) in [7, 11) is 0. The molecule has 0 saturated carbocycles. The first-order valence-corrected chi connectivity index (χ1v) is 4.92. The lowest BCUT2D eigenvalue weighted by atomic mass is 10.0. The number of hydrogen-bond acceptors (Lipinski definition) is 1. The van der Waals surface area contributed by atoms with Crippen LogP contribution in [0.4, 0.5) is 0 Å². The predicted octanol–water partition coefficient (Wildman–Crippen LogP) is 2.94. The van der Waals surface area contributed by atoms with Gasteiger partial charge in [0, 0.05) is 6.04 Å². The normalized spacial score (nSPS) is 13.9. The van der Waals surface area contributed by atoms with Gasteiger partial charge in [-0.15, -0.1) is 0 Å². The van der Waals surface area contributed by atoms with Crippen molar-refractivity contribution in [1.29, 1.82) is 0 Å². The molecule has 0 rings (SSSR count). The summed E-state index contributed by atoms with van der Waals surface area (Å²) in [6.07, 6.45) is 6.27. The van der Waals surface area contributed by atoms with Crippen LogP contribution in [0.5, 0.6) is 0 Å². The molecule has 0 spiro atoms. The van der Waals surface area contributed by atoms with Crippen molar-refractivity contribution in [1.82, 2.24) is 0 Å². The molecular formula is C10H23N. The summed E-state index contributed by atoms with van der Waals surface area (Å²) < 4.78 is 0. The van der Waals surface area contributed by atoms with Crippen LogP contribution in [-0.2, 0) is 0 Å². The first-order valence-electron chi connectivity index (χ1n) is 4.92. The van der Waals surface area contributed by atoms with E-state index in [1.165, 1.54) is 32.1 Å². The first kappa shape index (κ1) is 11.0. The highest BCUT2D eigenvalue weighted by Gasteiger charge is 2.01. The van der Waals surface area contributed by atoms with Crippen molar-refractivity contribution >= 4 is 0 Å². The van der Waals surface area contributed by atoms with Gasteiger partial charge < -0.3 is 5.73 Å². The lowest BCUT2D eigenvalue weighted by Gasteiger charge is -2.10. The molecule has 0 amide bonds. The van der Waals surface area contributed by atoms with Gasteiger partial charge in [0.1, 0.15) is 0 Å². The molecule has 1 heteroatoms. The van der Waals surface area contributed by atoms with Crippen molar-refractivity contribution < 1.29 is 0 Å². The maximum Gasteiger partial charge on any atom is 0.00387 e. The predicted molar refractivity (Wildman–Crippen MR) is 51.6 cm³/mol. The van der Waals surface area contributed by atoms with E-state index in [-0.39, 0.29) is 0 Å². The van der Waals surface area contributed by atoms with E-state index >= 15 is 0 Å². The number of nitrogens with two attached hydrogens (primary N) is 1. The zero-order valence-corrected chi connectivity index (χ0v) is 8.27. The summed E-state index contributed by atoms with van der Waals surface area (Å²) in [5.74, 6) is 0.837. The molecule has 0 aliphatic carbocycles. The molecule has 0 aliphatic heterocycles. The third kappa shape index (κ3) is 7.86. The van der Waals surface area contributed by atoms with Crippen LogP contribution >= 0.6 is 0 Å². The Bertz CT molecular complexity index is 78.9. The summed E-state index contributed by atoms with van der Waals surface area (Å²) in [4.78, 5) is 0. The molecule has 0 aromatic rings. The summed E-state index contributed by atoms with van der Waals surface area (Å²) in [5.41, 5.74) is 5.87. The molecule has 0 bridgehead atoms. The molecule has 1 unspecified atom stereocenters. The quantitative estimate of drug-likeness (QED) is 0.630. The fourth-order valence-electron chi connectivity index (χ4n) is 1.30. The summed E-state index contributed by atoms with van der Waals surface area (Å²) in [6, 6.07) is 0.457. The zero-order chi connectivity index (χ0) is 8.69. The van der Waals surface area contributed by atoms with Gasteiger partial charge in [0.05, 0.1) is 0 Å². The standard InChI is InChI=1S/C10H23N/c1-4-6-10(11)8-5-7-9(2)3/h9-10H,4-8,11H2,1-3H3. The minimum atomic E-state index is 0.457. The van der Waals surface area contributed by atoms with Gasteiger partial charge in [-0.2, -0.15) is 0 Å². The maximum atomic E-state index is 5.87. The van der Waals surface area contributed by atoms with Gasteiger partial charge in [-0.3, -0.25) is 0 Å². The van der Waals surface area contributed by atoms with Crippen molar-refractivity contribution in [2.24, 2.45) is 11.7 Å². The molecule has 68 valence electrons. The van der Waals surface area contributed by atoms with E-state index in [0.717, 1.165) is 5.92 Å². The van der Waals surface area contributed by atoms with Crippen LogP contribution in [-0.4, -0.2) is 6.04 Å². The molecule has 11 heavy (non-hydrogen) atoms. The van der Waals surface area contributed by atoms with Gasteiger partial charge in [0.15, 0.2) is 0 Å². The molecule has 1 nitrogen and oxygen atoms in total. The molecule has 0 saturated heterocycles. The molecule has 0 heterocycles. The Kier molecular flexibility index (Phi) is 6.63. The minimum absolute atomic E-state index is 0.457. The lowest BCUT2D eigenvalue weighted by Crippen LogP contribution is -2.19. The second-order valence-electron chi connectivity index (χ2n) is 3.87. The van der Waals surface area contributed by atoms with Crippen LogP contribution in [0.2, 0.25) is 0 Å². The Labute approximate surface area is 71.4 Å². The summed E-state index contributed by atoms with van der Waals surface area (Å²) in [5, 5.41) is 0. The van der Waals surface area contributed by atoms with Crippen molar-refractivity contribution in [3.63, 3.8) is 0 Å². The Morgan fingerprint density at radius 1 is 1.09 bits per heavy atom. The molecule has 0 aromatic carbocycles. The van der Waals surface area contributed by atoms with E-state index in [1.54, 1.807) is 0 Å². The highest BCUT2D eigenvalue weighted by molar-refractivity contribution is 4.60. The van der Waals surface area contributed by atoms with E-state index < -0.39 is 0 Å². The van der Waals surface area contributed by atoms with Gasteiger partial charge >= 0.3 is 0 Å². The van der Waals surface area contributed by atoms with Gasteiger partial charge in [-0.25, -0.2) is 0 Å². The molecular weight excluding hydrogens is 134 g/mol. The SMILES string of the molecule is CCCC(N)CCCC(C)C. The highest BCUT2D eigenvalue weighted by atomic mass is 14.6. The van der Waals surface area contributed by atoms with Crippen LogP contribution in [0, 0.1) is 5.92 Å². The largest absolute Gasteiger partial charge is 0.328 e. The van der Waals surface area contributed by atoms with Crippen LogP contribution in [0.3, 0.4) is 0 Å². The third-order valence-corrected chi connectivity index (χ3v) is 2.02. The molecule has 2 N–H and O–H groups in total. The monoisotopic (exact) mass is 157 g/mol. The van der Waals surface area contributed by atoms with E-state index in [1.807, 2.05) is 0 Å². The van der Waals surface area contributed by atoms with Crippen LogP contribution < -0.4 is 5.73 Å². The molecule has 0 aromatic heterocycles. The molecule has 0 aliphatic rings. The molecule has 0 fully saturated rings. The Morgan fingerprint density at radius 3 is 2.18 bits per heavy atom. The average Bonchev–Trinajstić information content (AvgIpc) is 1.87. The van der Waals surface area contributed by atoms with Crippen LogP contribution in [0.25, 0.3) is 0 Å². The summed E-state index contributed by atoms with van der Waals surface area (Å²) >= 11 is 0. The third-order valence-electron chi connectivity index (χ3n) is 2.02. The molecule has 0 radical (unpaired) electrons. The number of hydrogen-bond donors (Lipinski definition) is 1. The van der Waals surface area contributed by atoms with Crippen molar-refractivity contribution in [3.05, 3.63) is 0 Å². The fourth-order valence-corrected chi connectivity index (χ4v) is 1.30. The van der Waals surface area contributed by atoms with E-state index in [4.69, 9.17) is 5.73 Å². The van der Waals surface area contributed by atoms with Crippen molar-refractivity contribution in [2.45, 2.75) is 58.9 Å². The van der Waals surface area contributed by atoms with E-state index in [2.05, 4.69) is 20.8 Å². The topological polar surface area (TPSA) is 26.0 Å². The smallest absolute Gasteiger partial charge is 0.00387 e. The molecule has 1 atom stereocenters. The second kappa shape index (κ2) is 6.66. The van der Waals surface area contributed by atoms with Gasteiger partial charge in [0.2, 0.25) is 0 Å². The van der Waals surface area contributed by atoms with Gasteiger partial charge in [-0.05, 0) is 18.8 Å². The van der Waals surface area contributed by atoms with Crippen LogP contribution in [0.1, 0.15) is 52.9 Å². The van der Waals surface area contributed by atoms with E-state index in [9.17, 15) is 0 Å². The van der Waals surface area contributed by atoms with Crippen molar-refractivity contribution in [3.8, 4) is 0 Å². The zero-order valence-electron chi connectivity index (χ0n) is 8.27. The number of rotatable bonds is 6. The van der Waals surface area contributed by atoms with Crippen LogP contribution in [0.15, 0.2) is 0 Å². The maximum absolute atomic E-state index is 5.87. The van der Waals surface area contributed by atoms with Crippen molar-refractivity contribution in [2.75, 3.05) is 0 Å². The fraction of sp³-hybridized carbons (Fsp3) is 1.00. The first-order chi connectivity index (χ1) is 5.16. The van der Waals surface area contributed by atoms with Gasteiger partial charge in [-0.1, -0.05) is 40.0 Å². The second-order valence-corrected chi connectivity index (χ2v) is 3.87. The average molecular weight is 157 g/mol. The summed E-state index contributed by atoms with van der Waals surface area (Å²) in [6.45, 7) is 6.74. The van der Waals surface area contributed by atoms with E-state index in [0.29, 0.717) is 6.04 Å². The minimum Gasteiger partial charge on any atom is -0.328 e. The Balaban J connectivity index is 3.10. The lowest BCUT2D eigenvalue weighted by molar-refractivity contribution is 0.480.